The molecule has 0 aliphatic rings. The van der Waals surface area contributed by atoms with E-state index in [2.05, 4.69) is 37.1 Å². The summed E-state index contributed by atoms with van der Waals surface area (Å²) < 4.78 is 10.8. The maximum atomic E-state index is 5.45. The van der Waals surface area contributed by atoms with Crippen molar-refractivity contribution in [3.8, 4) is 0 Å². The third-order valence-corrected chi connectivity index (χ3v) is 2.66. The summed E-state index contributed by atoms with van der Waals surface area (Å²) in [4.78, 5) is 4.25. The van der Waals surface area contributed by atoms with E-state index in [0.29, 0.717) is 19.0 Å². The molecule has 0 spiro atoms. The van der Waals surface area contributed by atoms with Crippen LogP contribution >= 0.6 is 0 Å². The Balaban J connectivity index is 3.90. The SMILES string of the molecule is C=C(/C=C\C(=C)N(C)CCN(C)C)OCCOC(C)C. The number of likely N-dealkylation sites (N-methyl/N-ethyl adjacent to an activating group) is 2. The zero-order valence-electron chi connectivity index (χ0n) is 13.7. The highest BCUT2D eigenvalue weighted by Crippen LogP contribution is 2.04. The van der Waals surface area contributed by atoms with Crippen molar-refractivity contribution in [2.24, 2.45) is 0 Å². The summed E-state index contributed by atoms with van der Waals surface area (Å²) in [6, 6.07) is 0. The average Bonchev–Trinajstić information content (AvgIpc) is 2.37. The molecule has 0 unspecified atom stereocenters. The van der Waals surface area contributed by atoms with Crippen molar-refractivity contribution in [1.29, 1.82) is 0 Å². The minimum atomic E-state index is 0.229. The van der Waals surface area contributed by atoms with E-state index in [1.165, 1.54) is 0 Å². The van der Waals surface area contributed by atoms with Gasteiger partial charge in [-0.05, 0) is 40.1 Å². The normalized spacial score (nSPS) is 11.3. The number of hydrogen-bond donors (Lipinski definition) is 0. The quantitative estimate of drug-likeness (QED) is 0.330. The lowest BCUT2D eigenvalue weighted by Crippen LogP contribution is -2.27. The van der Waals surface area contributed by atoms with Gasteiger partial charge in [0, 0.05) is 25.8 Å². The number of allylic oxidation sites excluding steroid dienone is 2. The first kappa shape index (κ1) is 18.7. The smallest absolute Gasteiger partial charge is 0.112 e. The lowest BCUT2D eigenvalue weighted by molar-refractivity contribution is 0.0410. The second kappa shape index (κ2) is 10.5. The molecule has 0 aliphatic heterocycles. The first-order valence-electron chi connectivity index (χ1n) is 6.99. The van der Waals surface area contributed by atoms with Gasteiger partial charge in [-0.25, -0.2) is 0 Å². The molecule has 116 valence electrons. The van der Waals surface area contributed by atoms with Gasteiger partial charge in [-0.15, -0.1) is 0 Å². The van der Waals surface area contributed by atoms with Crippen LogP contribution in [-0.4, -0.2) is 63.4 Å². The number of nitrogens with zero attached hydrogens (tertiary/aromatic N) is 2. The van der Waals surface area contributed by atoms with Crippen LogP contribution in [0.1, 0.15) is 13.8 Å². The molecule has 0 bridgehead atoms. The maximum absolute atomic E-state index is 5.45. The summed E-state index contributed by atoms with van der Waals surface area (Å²) in [5, 5.41) is 0. The number of ether oxygens (including phenoxy) is 2. The highest BCUT2D eigenvalue weighted by atomic mass is 16.5. The van der Waals surface area contributed by atoms with Gasteiger partial charge in [-0.3, -0.25) is 0 Å². The van der Waals surface area contributed by atoms with Gasteiger partial charge in [0.25, 0.3) is 0 Å². The minimum absolute atomic E-state index is 0.229. The van der Waals surface area contributed by atoms with Gasteiger partial charge >= 0.3 is 0 Å². The Hall–Kier alpha value is -1.26. The molecule has 0 aromatic carbocycles. The molecule has 20 heavy (non-hydrogen) atoms. The first-order chi connectivity index (χ1) is 9.32. The number of rotatable bonds is 11. The van der Waals surface area contributed by atoms with Crippen molar-refractivity contribution in [1.82, 2.24) is 9.80 Å². The molecule has 0 N–H and O–H groups in total. The Morgan fingerprint density at radius 1 is 1.05 bits per heavy atom. The Bertz CT molecular complexity index is 322. The van der Waals surface area contributed by atoms with E-state index in [1.807, 2.05) is 33.0 Å². The summed E-state index contributed by atoms with van der Waals surface area (Å²) in [7, 11) is 6.14. The summed E-state index contributed by atoms with van der Waals surface area (Å²) in [5.41, 5.74) is 0.940. The van der Waals surface area contributed by atoms with E-state index in [9.17, 15) is 0 Å². The summed E-state index contributed by atoms with van der Waals surface area (Å²) in [5.74, 6) is 0.625. The van der Waals surface area contributed by atoms with Crippen molar-refractivity contribution in [2.45, 2.75) is 20.0 Å². The topological polar surface area (TPSA) is 24.9 Å². The second-order valence-electron chi connectivity index (χ2n) is 5.28. The molecule has 0 aromatic rings. The van der Waals surface area contributed by atoms with Gasteiger partial charge in [0.15, 0.2) is 0 Å². The molecule has 0 fully saturated rings. The zero-order chi connectivity index (χ0) is 15.5. The Labute approximate surface area is 124 Å². The standard InChI is InChI=1S/C16H30N2O2/c1-14(2)19-12-13-20-16(4)9-8-15(3)18(7)11-10-17(5)6/h8-9,14H,3-4,10-13H2,1-2,5-7H3/b9-8-. The Morgan fingerprint density at radius 3 is 2.25 bits per heavy atom. The van der Waals surface area contributed by atoms with Crippen LogP contribution in [0.2, 0.25) is 0 Å². The largest absolute Gasteiger partial charge is 0.492 e. The molecule has 0 amide bonds. The molecular weight excluding hydrogens is 252 g/mol. The molecule has 0 aromatic heterocycles. The van der Waals surface area contributed by atoms with Crippen molar-refractivity contribution >= 4 is 0 Å². The van der Waals surface area contributed by atoms with E-state index in [-0.39, 0.29) is 6.10 Å². The Morgan fingerprint density at radius 2 is 1.70 bits per heavy atom. The molecule has 0 saturated carbocycles. The van der Waals surface area contributed by atoms with Crippen molar-refractivity contribution < 1.29 is 9.47 Å². The lowest BCUT2D eigenvalue weighted by atomic mass is 10.3. The van der Waals surface area contributed by atoms with Crippen LogP contribution < -0.4 is 0 Å². The van der Waals surface area contributed by atoms with Crippen LogP contribution in [0, 0.1) is 0 Å². The fourth-order valence-corrected chi connectivity index (χ4v) is 1.31. The lowest BCUT2D eigenvalue weighted by Gasteiger charge is -2.21. The van der Waals surface area contributed by atoms with Gasteiger partial charge in [0.1, 0.15) is 12.4 Å². The molecule has 0 heterocycles. The van der Waals surface area contributed by atoms with Crippen LogP contribution in [0.5, 0.6) is 0 Å². The average molecular weight is 282 g/mol. The van der Waals surface area contributed by atoms with Crippen LogP contribution in [0.25, 0.3) is 0 Å². The Kier molecular flexibility index (Phi) is 9.86. The van der Waals surface area contributed by atoms with Crippen LogP contribution in [-0.2, 0) is 9.47 Å². The van der Waals surface area contributed by atoms with Gasteiger partial charge in [0.2, 0.25) is 0 Å². The molecule has 4 nitrogen and oxygen atoms in total. The molecule has 0 saturated heterocycles. The zero-order valence-corrected chi connectivity index (χ0v) is 13.7. The molecule has 0 aliphatic carbocycles. The van der Waals surface area contributed by atoms with Gasteiger partial charge in [-0.2, -0.15) is 0 Å². The third-order valence-electron chi connectivity index (χ3n) is 2.66. The van der Waals surface area contributed by atoms with Gasteiger partial charge in [-0.1, -0.05) is 13.2 Å². The van der Waals surface area contributed by atoms with Crippen molar-refractivity contribution in [3.05, 3.63) is 36.8 Å². The fraction of sp³-hybridized carbons (Fsp3) is 0.625. The summed E-state index contributed by atoms with van der Waals surface area (Å²) in [6.45, 7) is 14.9. The molecular formula is C16H30N2O2. The molecule has 0 radical (unpaired) electrons. The highest BCUT2D eigenvalue weighted by Gasteiger charge is 2.00. The summed E-state index contributed by atoms with van der Waals surface area (Å²) >= 11 is 0. The highest BCUT2D eigenvalue weighted by molar-refractivity contribution is 5.20. The molecule has 0 atom stereocenters. The van der Waals surface area contributed by atoms with E-state index in [4.69, 9.17) is 9.47 Å². The second-order valence-corrected chi connectivity index (χ2v) is 5.28. The first-order valence-corrected chi connectivity index (χ1v) is 6.99. The van der Waals surface area contributed by atoms with Crippen LogP contribution in [0.15, 0.2) is 36.8 Å². The minimum Gasteiger partial charge on any atom is -0.492 e. The van der Waals surface area contributed by atoms with E-state index in [0.717, 1.165) is 18.8 Å². The van der Waals surface area contributed by atoms with Gasteiger partial charge < -0.3 is 19.3 Å². The van der Waals surface area contributed by atoms with Gasteiger partial charge in [0.05, 0.1) is 12.7 Å². The van der Waals surface area contributed by atoms with E-state index in [1.54, 1.807) is 0 Å². The molecule has 0 rings (SSSR count). The van der Waals surface area contributed by atoms with E-state index < -0.39 is 0 Å². The maximum Gasteiger partial charge on any atom is 0.112 e. The summed E-state index contributed by atoms with van der Waals surface area (Å²) in [6.07, 6.45) is 3.98. The predicted octanol–water partition coefficient (Wildman–Crippen LogP) is 2.51. The fourth-order valence-electron chi connectivity index (χ4n) is 1.31. The third kappa shape index (κ3) is 10.6. The van der Waals surface area contributed by atoms with Crippen LogP contribution in [0.3, 0.4) is 0 Å². The van der Waals surface area contributed by atoms with Crippen molar-refractivity contribution in [2.75, 3.05) is 47.4 Å². The molecule has 4 heteroatoms. The monoisotopic (exact) mass is 282 g/mol. The predicted molar refractivity (Wildman–Crippen MR) is 85.6 cm³/mol. The van der Waals surface area contributed by atoms with Crippen LogP contribution in [0.4, 0.5) is 0 Å². The number of hydrogen-bond acceptors (Lipinski definition) is 4. The van der Waals surface area contributed by atoms with Crippen molar-refractivity contribution in [3.63, 3.8) is 0 Å². The van der Waals surface area contributed by atoms with E-state index >= 15 is 0 Å².